The monoisotopic (exact) mass is 297 g/mol. The van der Waals surface area contributed by atoms with Crippen LogP contribution < -0.4 is 5.73 Å². The Balaban J connectivity index is 0.000000494. The topological polar surface area (TPSA) is 132 Å². The minimum Gasteiger partial charge on any atom is -0.476 e. The van der Waals surface area contributed by atoms with Crippen LogP contribution in [0.1, 0.15) is 16.7 Å². The van der Waals surface area contributed by atoms with Crippen LogP contribution in [0.25, 0.3) is 0 Å². The van der Waals surface area contributed by atoms with Gasteiger partial charge in [-0.3, -0.25) is 0 Å². The maximum atomic E-state index is 11.2. The summed E-state index contributed by atoms with van der Waals surface area (Å²) in [5, 5.41) is 14.6. The maximum absolute atomic E-state index is 11.2. The van der Waals surface area contributed by atoms with Crippen molar-refractivity contribution in [3.63, 3.8) is 0 Å². The predicted molar refractivity (Wildman–Crippen MR) is 65.5 cm³/mol. The van der Waals surface area contributed by atoms with Gasteiger partial charge in [0.25, 0.3) is 0 Å². The third-order valence-corrected chi connectivity index (χ3v) is 4.65. The van der Waals surface area contributed by atoms with Crippen molar-refractivity contribution in [2.75, 3.05) is 26.0 Å². The first-order valence-corrected chi connectivity index (χ1v) is 7.34. The van der Waals surface area contributed by atoms with Gasteiger partial charge in [-0.15, -0.1) is 10.2 Å². The van der Waals surface area contributed by atoms with Crippen LogP contribution in [0.4, 0.5) is 0 Å². The Morgan fingerprint density at radius 1 is 1.50 bits per heavy atom. The van der Waals surface area contributed by atoms with Gasteiger partial charge < -0.3 is 15.6 Å². The Morgan fingerprint density at radius 3 is 2.39 bits per heavy atom. The van der Waals surface area contributed by atoms with Gasteiger partial charge in [0, 0.05) is 13.7 Å². The van der Waals surface area contributed by atoms with Crippen LogP contribution in [-0.2, 0) is 14.6 Å². The fourth-order valence-electron chi connectivity index (χ4n) is 0.663. The van der Waals surface area contributed by atoms with E-state index >= 15 is 0 Å². The van der Waals surface area contributed by atoms with Crippen LogP contribution in [0.2, 0.25) is 0 Å². The zero-order valence-corrected chi connectivity index (χ0v) is 11.6. The van der Waals surface area contributed by atoms with Crippen molar-refractivity contribution in [2.45, 2.75) is 11.3 Å². The van der Waals surface area contributed by atoms with Gasteiger partial charge >= 0.3 is 5.97 Å². The summed E-state index contributed by atoms with van der Waals surface area (Å²) in [6, 6.07) is 0. The largest absolute Gasteiger partial charge is 0.476 e. The number of carboxylic acids is 1. The number of methoxy groups -OCH3 is 1. The van der Waals surface area contributed by atoms with Crippen molar-refractivity contribution in [2.24, 2.45) is 5.73 Å². The van der Waals surface area contributed by atoms with Crippen LogP contribution in [0.15, 0.2) is 4.34 Å². The molecule has 8 nitrogen and oxygen atoms in total. The van der Waals surface area contributed by atoms with E-state index in [9.17, 15) is 13.2 Å². The highest BCUT2D eigenvalue weighted by Gasteiger charge is 2.20. The molecule has 0 aliphatic heterocycles. The molecule has 1 aromatic heterocycles. The van der Waals surface area contributed by atoms with Crippen molar-refractivity contribution >= 4 is 27.1 Å². The molecule has 0 atom stereocenters. The summed E-state index contributed by atoms with van der Waals surface area (Å²) in [7, 11) is -1.80. The summed E-state index contributed by atoms with van der Waals surface area (Å²) in [4.78, 5) is 10.3. The zero-order chi connectivity index (χ0) is 14.2. The number of ether oxygens (including phenoxy) is 1. The summed E-state index contributed by atoms with van der Waals surface area (Å²) in [6.07, 6.45) is 0. The number of nitrogens with zero attached hydrogens (tertiary/aromatic N) is 2. The molecule has 0 radical (unpaired) electrons. The van der Waals surface area contributed by atoms with E-state index in [1.807, 2.05) is 0 Å². The van der Waals surface area contributed by atoms with Gasteiger partial charge in [-0.1, -0.05) is 18.3 Å². The second-order valence-corrected chi connectivity index (χ2v) is 6.29. The highest BCUT2D eigenvalue weighted by atomic mass is 32.2. The van der Waals surface area contributed by atoms with E-state index < -0.39 is 15.8 Å². The number of carbonyl (C=O) groups is 1. The van der Waals surface area contributed by atoms with Crippen LogP contribution in [0.5, 0.6) is 0 Å². The number of carboxylic acid groups (broad SMARTS) is 1. The van der Waals surface area contributed by atoms with Gasteiger partial charge in [0.15, 0.2) is 0 Å². The van der Waals surface area contributed by atoms with E-state index in [2.05, 4.69) is 14.9 Å². The summed E-state index contributed by atoms with van der Waals surface area (Å²) in [5.41, 5.74) is 5.01. The lowest BCUT2D eigenvalue weighted by Crippen LogP contribution is -2.05. The van der Waals surface area contributed by atoms with E-state index in [4.69, 9.17) is 10.8 Å². The van der Waals surface area contributed by atoms with E-state index in [0.717, 1.165) is 0 Å². The molecule has 0 aliphatic rings. The molecule has 0 fully saturated rings. The van der Waals surface area contributed by atoms with E-state index in [-0.39, 0.29) is 15.1 Å². The Labute approximate surface area is 109 Å². The molecule has 0 aliphatic carbocycles. The molecular formula is C8H15N3O5S2. The normalized spacial score (nSPS) is 10.6. The first-order valence-electron chi connectivity index (χ1n) is 4.87. The van der Waals surface area contributed by atoms with Crippen molar-refractivity contribution in [1.29, 1.82) is 0 Å². The molecule has 0 saturated carbocycles. The van der Waals surface area contributed by atoms with Crippen LogP contribution in [0, 0.1) is 0 Å². The van der Waals surface area contributed by atoms with Gasteiger partial charge in [-0.2, -0.15) is 0 Å². The molecule has 0 spiro atoms. The summed E-state index contributed by atoms with van der Waals surface area (Å²) >= 11 is 0.563. The number of hydrogen-bond donors (Lipinski definition) is 2. The quantitative estimate of drug-likeness (QED) is 0.751. The lowest BCUT2D eigenvalue weighted by Gasteiger charge is -1.90. The second kappa shape index (κ2) is 8.08. The molecule has 0 bridgehead atoms. The van der Waals surface area contributed by atoms with Crippen LogP contribution in [0.3, 0.4) is 0 Å². The molecule has 1 heterocycles. The number of aromatic nitrogens is 2. The molecule has 10 heteroatoms. The molecule has 18 heavy (non-hydrogen) atoms. The Hall–Kier alpha value is -1.10. The Morgan fingerprint density at radius 2 is 2.11 bits per heavy atom. The average Bonchev–Trinajstić information content (AvgIpc) is 2.81. The second-order valence-electron chi connectivity index (χ2n) is 2.86. The number of sulfone groups is 1. The fourth-order valence-corrected chi connectivity index (χ4v) is 2.59. The first kappa shape index (κ1) is 16.9. The zero-order valence-electron chi connectivity index (χ0n) is 9.99. The van der Waals surface area contributed by atoms with Crippen molar-refractivity contribution in [3.8, 4) is 0 Å². The molecule has 104 valence electrons. The minimum atomic E-state index is -3.43. The molecule has 3 N–H and O–H groups in total. The fraction of sp³-hybridized carbons (Fsp3) is 0.625. The molecule has 0 amide bonds. The predicted octanol–water partition coefficient (Wildman–Crippen LogP) is -0.379. The molecule has 0 unspecified atom stereocenters. The molecule has 1 aromatic rings. The van der Waals surface area contributed by atoms with Crippen LogP contribution >= 0.6 is 11.3 Å². The van der Waals surface area contributed by atoms with Crippen LogP contribution in [-0.4, -0.2) is 55.7 Å². The molecule has 0 saturated heterocycles. The van der Waals surface area contributed by atoms with Gasteiger partial charge in [0.1, 0.15) is 0 Å². The third kappa shape index (κ3) is 5.49. The molecular weight excluding hydrogens is 282 g/mol. The average molecular weight is 297 g/mol. The van der Waals surface area contributed by atoms with Crippen molar-refractivity contribution in [1.82, 2.24) is 10.2 Å². The highest BCUT2D eigenvalue weighted by Crippen LogP contribution is 2.16. The lowest BCUT2D eigenvalue weighted by molar-refractivity contribution is 0.0695. The summed E-state index contributed by atoms with van der Waals surface area (Å²) in [6.45, 7) is 2.74. The molecule has 1 rings (SSSR count). The maximum Gasteiger partial charge on any atom is 0.367 e. The minimum absolute atomic E-state index is 0.110. The smallest absolute Gasteiger partial charge is 0.367 e. The highest BCUT2D eigenvalue weighted by molar-refractivity contribution is 7.93. The number of nitrogens with two attached hydrogens (primary N) is 1. The van der Waals surface area contributed by atoms with Gasteiger partial charge in [-0.05, 0) is 0 Å². The van der Waals surface area contributed by atoms with Crippen molar-refractivity contribution < 1.29 is 23.1 Å². The third-order valence-electron chi connectivity index (χ3n) is 1.56. The van der Waals surface area contributed by atoms with Gasteiger partial charge in [0.2, 0.25) is 19.2 Å². The summed E-state index contributed by atoms with van der Waals surface area (Å²) in [5.74, 6) is -1.38. The van der Waals surface area contributed by atoms with Gasteiger partial charge in [-0.25, -0.2) is 13.2 Å². The number of hydrogen-bond acceptors (Lipinski definition) is 8. The van der Waals surface area contributed by atoms with Gasteiger partial charge in [0.05, 0.1) is 12.4 Å². The van der Waals surface area contributed by atoms with Crippen molar-refractivity contribution in [3.05, 3.63) is 5.01 Å². The van der Waals surface area contributed by atoms with E-state index in [1.54, 1.807) is 7.11 Å². The number of aromatic carboxylic acids is 1. The van der Waals surface area contributed by atoms with E-state index in [0.29, 0.717) is 24.5 Å². The first-order chi connectivity index (χ1) is 8.38. The lowest BCUT2D eigenvalue weighted by atomic mass is 10.7. The standard InChI is InChI=1S/C5H6N2O4S2.C3H9NO/c1-2-13(10,11)5-7-6-3(12-5)4(8)9;1-5-3-2-4/h2H2,1H3,(H,8,9);2-4H2,1H3. The Bertz CT molecular complexity index is 469. The SMILES string of the molecule is CCS(=O)(=O)c1nnc(C(=O)O)s1.COCCN. The summed E-state index contributed by atoms with van der Waals surface area (Å²) < 4.78 is 26.6. The van der Waals surface area contributed by atoms with E-state index in [1.165, 1.54) is 6.92 Å². The number of rotatable bonds is 5. The molecule has 0 aromatic carbocycles. The Kier molecular flexibility index (Phi) is 7.59.